The van der Waals surface area contributed by atoms with Crippen molar-refractivity contribution in [1.82, 2.24) is 0 Å². The van der Waals surface area contributed by atoms with Crippen LogP contribution in [0.25, 0.3) is 0 Å². The van der Waals surface area contributed by atoms with E-state index in [0.717, 1.165) is 4.47 Å². The van der Waals surface area contributed by atoms with Crippen molar-refractivity contribution in [3.63, 3.8) is 0 Å². The first kappa shape index (κ1) is 9.06. The number of ether oxygens (including phenoxy) is 1. The maximum absolute atomic E-state index is 7.11. The van der Waals surface area contributed by atoms with Crippen LogP contribution in [0.15, 0.2) is 16.6 Å². The van der Waals surface area contributed by atoms with Gasteiger partial charge in [-0.15, -0.1) is 0 Å². The lowest BCUT2D eigenvalue weighted by Crippen LogP contribution is -1.97. The number of methoxy groups -OCH3 is 1. The molecule has 3 N–H and O–H groups in total. The van der Waals surface area contributed by atoms with Crippen molar-refractivity contribution >= 4 is 27.8 Å². The van der Waals surface area contributed by atoms with Crippen LogP contribution in [0, 0.1) is 5.41 Å². The van der Waals surface area contributed by atoms with Gasteiger partial charge in [-0.25, -0.2) is 0 Å². The average molecular weight is 229 g/mol. The molecule has 1 aromatic carbocycles. The topological polar surface area (TPSA) is 59.1 Å². The zero-order valence-electron chi connectivity index (χ0n) is 6.60. The van der Waals surface area contributed by atoms with E-state index in [4.69, 9.17) is 15.9 Å². The number of rotatable bonds is 2. The Morgan fingerprint density at radius 2 is 2.25 bits per heavy atom. The highest BCUT2D eigenvalue weighted by atomic mass is 79.9. The van der Waals surface area contributed by atoms with Crippen molar-refractivity contribution in [3.8, 4) is 5.75 Å². The van der Waals surface area contributed by atoms with Gasteiger partial charge in [-0.05, 0) is 12.1 Å². The predicted octanol–water partition coefficient (Wildman–Crippen LogP) is 2.04. The molecule has 0 bridgehead atoms. The Morgan fingerprint density at radius 1 is 1.58 bits per heavy atom. The van der Waals surface area contributed by atoms with Gasteiger partial charge in [0.15, 0.2) is 0 Å². The largest absolute Gasteiger partial charge is 0.495 e. The first-order valence-corrected chi connectivity index (χ1v) is 4.12. The maximum Gasteiger partial charge on any atom is 0.142 e. The number of benzene rings is 1. The van der Waals surface area contributed by atoms with Crippen LogP contribution in [0.2, 0.25) is 0 Å². The molecule has 3 nitrogen and oxygen atoms in total. The minimum Gasteiger partial charge on any atom is -0.495 e. The van der Waals surface area contributed by atoms with Gasteiger partial charge in [-0.1, -0.05) is 15.9 Å². The normalized spacial score (nSPS) is 9.50. The molecule has 4 heteroatoms. The van der Waals surface area contributed by atoms with E-state index >= 15 is 0 Å². The van der Waals surface area contributed by atoms with Crippen LogP contribution < -0.4 is 10.5 Å². The Bertz CT molecular complexity index is 312. The van der Waals surface area contributed by atoms with E-state index in [9.17, 15) is 0 Å². The molecule has 0 aliphatic rings. The van der Waals surface area contributed by atoms with Crippen molar-refractivity contribution < 1.29 is 4.74 Å². The van der Waals surface area contributed by atoms with Crippen LogP contribution in [-0.2, 0) is 0 Å². The summed E-state index contributed by atoms with van der Waals surface area (Å²) in [6.07, 6.45) is 1.20. The van der Waals surface area contributed by atoms with E-state index in [1.807, 2.05) is 0 Å². The summed E-state index contributed by atoms with van der Waals surface area (Å²) in [4.78, 5) is 0. The molecule has 0 aliphatic carbocycles. The van der Waals surface area contributed by atoms with Crippen LogP contribution in [0.5, 0.6) is 5.75 Å². The second kappa shape index (κ2) is 3.58. The third-order valence-electron chi connectivity index (χ3n) is 1.56. The molecular formula is C8H9BrN2O. The first-order valence-electron chi connectivity index (χ1n) is 3.33. The summed E-state index contributed by atoms with van der Waals surface area (Å²) in [6, 6.07) is 3.56. The van der Waals surface area contributed by atoms with Gasteiger partial charge in [0.05, 0.1) is 12.8 Å². The van der Waals surface area contributed by atoms with Gasteiger partial charge >= 0.3 is 0 Å². The maximum atomic E-state index is 7.11. The number of halogens is 1. The summed E-state index contributed by atoms with van der Waals surface area (Å²) in [6.45, 7) is 0. The van der Waals surface area contributed by atoms with Gasteiger partial charge in [0.25, 0.3) is 0 Å². The highest BCUT2D eigenvalue weighted by Crippen LogP contribution is 2.29. The number of hydrogen-bond acceptors (Lipinski definition) is 3. The molecule has 0 atom stereocenters. The van der Waals surface area contributed by atoms with Gasteiger partial charge < -0.3 is 15.9 Å². The summed E-state index contributed by atoms with van der Waals surface area (Å²) in [5, 5.41) is 7.11. The summed E-state index contributed by atoms with van der Waals surface area (Å²) in [5.41, 5.74) is 6.83. The van der Waals surface area contributed by atoms with E-state index < -0.39 is 0 Å². The molecular weight excluding hydrogens is 220 g/mol. The highest BCUT2D eigenvalue weighted by Gasteiger charge is 2.06. The molecule has 0 spiro atoms. The molecule has 0 aromatic heterocycles. The lowest BCUT2D eigenvalue weighted by atomic mass is 10.2. The molecule has 0 saturated heterocycles. The van der Waals surface area contributed by atoms with Crippen LogP contribution in [-0.4, -0.2) is 13.3 Å². The zero-order chi connectivity index (χ0) is 9.14. The van der Waals surface area contributed by atoms with Gasteiger partial charge in [0.2, 0.25) is 0 Å². The van der Waals surface area contributed by atoms with E-state index in [-0.39, 0.29) is 0 Å². The predicted molar refractivity (Wildman–Crippen MR) is 53.0 cm³/mol. The molecule has 0 radical (unpaired) electrons. The second-order valence-electron chi connectivity index (χ2n) is 2.22. The number of nitrogen functional groups attached to an aromatic ring is 1. The molecule has 1 aromatic rings. The van der Waals surface area contributed by atoms with Gasteiger partial charge in [0.1, 0.15) is 5.75 Å². The first-order chi connectivity index (χ1) is 5.70. The average Bonchev–Trinajstić information content (AvgIpc) is 2.06. The lowest BCUT2D eigenvalue weighted by Gasteiger charge is -2.07. The molecule has 0 amide bonds. The second-order valence-corrected chi connectivity index (χ2v) is 3.08. The van der Waals surface area contributed by atoms with E-state index in [2.05, 4.69) is 15.9 Å². The Hall–Kier alpha value is -1.03. The molecule has 12 heavy (non-hydrogen) atoms. The zero-order valence-corrected chi connectivity index (χ0v) is 8.18. The van der Waals surface area contributed by atoms with Crippen LogP contribution in [0.4, 0.5) is 5.69 Å². The highest BCUT2D eigenvalue weighted by molar-refractivity contribution is 9.10. The Labute approximate surface area is 79.2 Å². The van der Waals surface area contributed by atoms with Crippen LogP contribution in [0.3, 0.4) is 0 Å². The molecule has 0 aliphatic heterocycles. The fourth-order valence-electron chi connectivity index (χ4n) is 0.914. The summed E-state index contributed by atoms with van der Waals surface area (Å²) >= 11 is 3.28. The molecule has 1 rings (SSSR count). The lowest BCUT2D eigenvalue weighted by molar-refractivity contribution is 0.417. The van der Waals surface area contributed by atoms with Gasteiger partial charge in [-0.3, -0.25) is 0 Å². The molecule has 0 fully saturated rings. The third kappa shape index (κ3) is 1.43. The Balaban J connectivity index is 3.33. The molecule has 0 heterocycles. The Kier molecular flexibility index (Phi) is 2.70. The molecule has 0 saturated carbocycles. The van der Waals surface area contributed by atoms with E-state index in [1.165, 1.54) is 6.21 Å². The van der Waals surface area contributed by atoms with Gasteiger partial charge in [-0.2, -0.15) is 0 Å². The molecule has 64 valence electrons. The minimum atomic E-state index is 0.488. The van der Waals surface area contributed by atoms with E-state index in [0.29, 0.717) is 17.0 Å². The van der Waals surface area contributed by atoms with Gasteiger partial charge in [0, 0.05) is 16.3 Å². The number of anilines is 1. The number of hydrogen-bond donors (Lipinski definition) is 2. The standard InChI is InChI=1S/C8H9BrN2O/c1-12-7-3-2-6(9)5(4-10)8(7)11/h2-4,10H,11H2,1H3. The number of nitrogens with one attached hydrogen (secondary N) is 1. The summed E-state index contributed by atoms with van der Waals surface area (Å²) in [7, 11) is 1.55. The Morgan fingerprint density at radius 3 is 2.75 bits per heavy atom. The van der Waals surface area contributed by atoms with Crippen molar-refractivity contribution in [2.24, 2.45) is 0 Å². The van der Waals surface area contributed by atoms with Crippen LogP contribution >= 0.6 is 15.9 Å². The monoisotopic (exact) mass is 228 g/mol. The summed E-state index contributed by atoms with van der Waals surface area (Å²) in [5.74, 6) is 0.594. The fraction of sp³-hybridized carbons (Fsp3) is 0.125. The quantitative estimate of drug-likeness (QED) is 0.602. The van der Waals surface area contributed by atoms with Crippen molar-refractivity contribution in [2.75, 3.05) is 12.8 Å². The fourth-order valence-corrected chi connectivity index (χ4v) is 1.37. The SMILES string of the molecule is COc1ccc(Br)c(C=N)c1N. The number of nitrogens with two attached hydrogens (primary N) is 1. The minimum absolute atomic E-state index is 0.488. The summed E-state index contributed by atoms with van der Waals surface area (Å²) < 4.78 is 5.79. The smallest absolute Gasteiger partial charge is 0.142 e. The van der Waals surface area contributed by atoms with Crippen molar-refractivity contribution in [2.45, 2.75) is 0 Å². The van der Waals surface area contributed by atoms with Crippen molar-refractivity contribution in [1.29, 1.82) is 5.41 Å². The third-order valence-corrected chi connectivity index (χ3v) is 2.25. The van der Waals surface area contributed by atoms with Crippen LogP contribution in [0.1, 0.15) is 5.56 Å². The van der Waals surface area contributed by atoms with Crippen molar-refractivity contribution in [3.05, 3.63) is 22.2 Å². The van der Waals surface area contributed by atoms with E-state index in [1.54, 1.807) is 19.2 Å². The molecule has 0 unspecified atom stereocenters.